The van der Waals surface area contributed by atoms with Crippen molar-refractivity contribution in [3.8, 4) is 5.75 Å². The first-order chi connectivity index (χ1) is 9.54. The van der Waals surface area contributed by atoms with Crippen molar-refractivity contribution < 1.29 is 9.53 Å². The predicted octanol–water partition coefficient (Wildman–Crippen LogP) is 3.49. The monoisotopic (exact) mass is 332 g/mol. The summed E-state index contributed by atoms with van der Waals surface area (Å²) in [6, 6.07) is 5.33. The molecule has 0 radical (unpaired) electrons. The maximum absolute atomic E-state index is 11.9. The van der Waals surface area contributed by atoms with Gasteiger partial charge in [-0.25, -0.2) is 0 Å². The summed E-state index contributed by atoms with van der Waals surface area (Å²) in [4.78, 5) is 11.9. The summed E-state index contributed by atoms with van der Waals surface area (Å²) < 4.78 is 5.56. The Labute approximate surface area is 137 Å². The van der Waals surface area contributed by atoms with E-state index < -0.39 is 0 Å². The van der Waals surface area contributed by atoms with Gasteiger partial charge in [-0.2, -0.15) is 0 Å². The Morgan fingerprint density at radius 1 is 1.52 bits per heavy atom. The first-order valence-electron chi connectivity index (χ1n) is 7.01. The molecule has 118 valence electrons. The lowest BCUT2D eigenvalue weighted by atomic mass is 10.0. The van der Waals surface area contributed by atoms with Crippen LogP contribution in [0.3, 0.4) is 0 Å². The highest BCUT2D eigenvalue weighted by Gasteiger charge is 2.18. The van der Waals surface area contributed by atoms with E-state index in [1.165, 1.54) is 0 Å². The van der Waals surface area contributed by atoms with Gasteiger partial charge in [0.2, 0.25) is 5.91 Å². The van der Waals surface area contributed by atoms with Crippen LogP contribution in [-0.2, 0) is 4.79 Å². The second-order valence-corrected chi connectivity index (χ2v) is 5.83. The van der Waals surface area contributed by atoms with Crippen molar-refractivity contribution in [3.05, 3.63) is 23.2 Å². The number of amides is 1. The standard InChI is InChI=1S/C15H21ClN2O2.ClH/c1-10(2)20-14-4-3-12(8-13(14)16)18-15(19)7-11-5-6-17-9-11;/h3-4,8,10-11,17H,5-7,9H2,1-2H3,(H,18,19);1H. The second-order valence-electron chi connectivity index (χ2n) is 5.42. The fourth-order valence-electron chi connectivity index (χ4n) is 2.29. The SMILES string of the molecule is CC(C)Oc1ccc(NC(=O)CC2CCNC2)cc1Cl.Cl. The van der Waals surface area contributed by atoms with Crippen LogP contribution in [0, 0.1) is 5.92 Å². The first kappa shape index (κ1) is 18.1. The highest BCUT2D eigenvalue weighted by Crippen LogP contribution is 2.28. The van der Waals surface area contributed by atoms with E-state index in [1.807, 2.05) is 19.9 Å². The summed E-state index contributed by atoms with van der Waals surface area (Å²) in [6.45, 7) is 5.82. The van der Waals surface area contributed by atoms with Crippen LogP contribution in [0.2, 0.25) is 5.02 Å². The zero-order chi connectivity index (χ0) is 14.5. The molecule has 1 aromatic rings. The van der Waals surface area contributed by atoms with Crippen molar-refractivity contribution in [2.75, 3.05) is 18.4 Å². The molecule has 1 atom stereocenters. The topological polar surface area (TPSA) is 50.4 Å². The lowest BCUT2D eigenvalue weighted by Crippen LogP contribution is -2.18. The number of rotatable bonds is 5. The van der Waals surface area contributed by atoms with Crippen LogP contribution in [0.25, 0.3) is 0 Å². The number of hydrogen-bond donors (Lipinski definition) is 2. The first-order valence-corrected chi connectivity index (χ1v) is 7.39. The molecule has 0 bridgehead atoms. The molecule has 2 N–H and O–H groups in total. The van der Waals surface area contributed by atoms with Gasteiger partial charge >= 0.3 is 0 Å². The molecule has 1 saturated heterocycles. The van der Waals surface area contributed by atoms with Gasteiger partial charge in [0.25, 0.3) is 0 Å². The minimum Gasteiger partial charge on any atom is -0.489 e. The van der Waals surface area contributed by atoms with Crippen molar-refractivity contribution in [3.63, 3.8) is 0 Å². The third-order valence-electron chi connectivity index (χ3n) is 3.21. The van der Waals surface area contributed by atoms with Crippen molar-refractivity contribution in [2.45, 2.75) is 32.8 Å². The molecule has 6 heteroatoms. The quantitative estimate of drug-likeness (QED) is 0.867. The number of hydrogen-bond acceptors (Lipinski definition) is 3. The number of ether oxygens (including phenoxy) is 1. The minimum absolute atomic E-state index is 0. The van der Waals surface area contributed by atoms with E-state index in [4.69, 9.17) is 16.3 Å². The molecule has 0 spiro atoms. The summed E-state index contributed by atoms with van der Waals surface area (Å²) in [7, 11) is 0. The van der Waals surface area contributed by atoms with Gasteiger partial charge in [0, 0.05) is 12.1 Å². The van der Waals surface area contributed by atoms with Crippen LogP contribution in [0.4, 0.5) is 5.69 Å². The lowest BCUT2D eigenvalue weighted by molar-refractivity contribution is -0.116. The van der Waals surface area contributed by atoms with Gasteiger partial charge in [-0.15, -0.1) is 12.4 Å². The van der Waals surface area contributed by atoms with E-state index >= 15 is 0 Å². The van der Waals surface area contributed by atoms with Gasteiger partial charge in [-0.05, 0) is 57.5 Å². The Bertz CT molecular complexity index is 475. The van der Waals surface area contributed by atoms with Crippen molar-refractivity contribution in [1.29, 1.82) is 0 Å². The van der Waals surface area contributed by atoms with Crippen molar-refractivity contribution in [1.82, 2.24) is 5.32 Å². The highest BCUT2D eigenvalue weighted by molar-refractivity contribution is 6.32. The zero-order valence-corrected chi connectivity index (χ0v) is 13.9. The molecule has 1 heterocycles. The predicted molar refractivity (Wildman–Crippen MR) is 88.7 cm³/mol. The summed E-state index contributed by atoms with van der Waals surface area (Å²) >= 11 is 6.14. The van der Waals surface area contributed by atoms with E-state index in [2.05, 4.69) is 10.6 Å². The average molecular weight is 333 g/mol. The molecule has 1 unspecified atom stereocenters. The molecule has 0 aliphatic carbocycles. The molecule has 1 aromatic carbocycles. The van der Waals surface area contributed by atoms with Crippen LogP contribution in [-0.4, -0.2) is 25.1 Å². The van der Waals surface area contributed by atoms with Gasteiger partial charge in [0.15, 0.2) is 0 Å². The Morgan fingerprint density at radius 3 is 2.86 bits per heavy atom. The number of benzene rings is 1. The van der Waals surface area contributed by atoms with Gasteiger partial charge in [-0.3, -0.25) is 4.79 Å². The van der Waals surface area contributed by atoms with E-state index in [0.717, 1.165) is 19.5 Å². The zero-order valence-electron chi connectivity index (χ0n) is 12.3. The molecule has 1 aliphatic heterocycles. The van der Waals surface area contributed by atoms with Crippen LogP contribution in [0.5, 0.6) is 5.75 Å². The fraction of sp³-hybridized carbons (Fsp3) is 0.533. The second kappa shape index (κ2) is 8.47. The molecular weight excluding hydrogens is 311 g/mol. The van der Waals surface area contributed by atoms with E-state index in [-0.39, 0.29) is 24.4 Å². The minimum atomic E-state index is 0. The summed E-state index contributed by atoms with van der Waals surface area (Å²) in [5, 5.41) is 6.66. The lowest BCUT2D eigenvalue weighted by Gasteiger charge is -2.13. The van der Waals surface area contributed by atoms with Gasteiger partial charge in [0.05, 0.1) is 11.1 Å². The Kier molecular flexibility index (Phi) is 7.29. The van der Waals surface area contributed by atoms with E-state index in [1.54, 1.807) is 12.1 Å². The number of carbonyl (C=O) groups excluding carboxylic acids is 1. The largest absolute Gasteiger partial charge is 0.489 e. The van der Waals surface area contributed by atoms with Crippen molar-refractivity contribution >= 4 is 35.6 Å². The van der Waals surface area contributed by atoms with E-state index in [9.17, 15) is 4.79 Å². The Morgan fingerprint density at radius 2 is 2.29 bits per heavy atom. The van der Waals surface area contributed by atoms with Crippen LogP contribution >= 0.6 is 24.0 Å². The average Bonchev–Trinajstić information content (AvgIpc) is 2.85. The molecule has 4 nitrogen and oxygen atoms in total. The van der Waals surface area contributed by atoms with Crippen molar-refractivity contribution in [2.24, 2.45) is 5.92 Å². The normalized spacial score (nSPS) is 17.4. The van der Waals surface area contributed by atoms with Gasteiger partial charge in [0.1, 0.15) is 5.75 Å². The maximum Gasteiger partial charge on any atom is 0.224 e. The maximum atomic E-state index is 11.9. The summed E-state index contributed by atoms with van der Waals surface area (Å²) in [5.74, 6) is 1.11. The molecule has 21 heavy (non-hydrogen) atoms. The molecule has 0 aromatic heterocycles. The molecule has 0 saturated carbocycles. The third kappa shape index (κ3) is 5.73. The third-order valence-corrected chi connectivity index (χ3v) is 3.51. The summed E-state index contributed by atoms with van der Waals surface area (Å²) in [5.41, 5.74) is 0.710. The summed E-state index contributed by atoms with van der Waals surface area (Å²) in [6.07, 6.45) is 1.69. The highest BCUT2D eigenvalue weighted by atomic mass is 35.5. The van der Waals surface area contributed by atoms with E-state index in [0.29, 0.717) is 28.8 Å². The molecule has 1 fully saturated rings. The Balaban J connectivity index is 0.00000220. The van der Waals surface area contributed by atoms with Gasteiger partial charge < -0.3 is 15.4 Å². The van der Waals surface area contributed by atoms with Crippen LogP contribution in [0.1, 0.15) is 26.7 Å². The van der Waals surface area contributed by atoms with Gasteiger partial charge in [-0.1, -0.05) is 11.6 Å². The number of carbonyl (C=O) groups is 1. The van der Waals surface area contributed by atoms with Crippen LogP contribution < -0.4 is 15.4 Å². The smallest absolute Gasteiger partial charge is 0.224 e. The number of halogens is 2. The molecule has 1 aliphatic rings. The molecule has 2 rings (SSSR count). The van der Waals surface area contributed by atoms with Crippen LogP contribution in [0.15, 0.2) is 18.2 Å². The number of anilines is 1. The molecule has 1 amide bonds. The number of nitrogens with one attached hydrogen (secondary N) is 2. The fourth-order valence-corrected chi connectivity index (χ4v) is 2.52. The Hall–Kier alpha value is -0.970. The molecular formula is C15H22Cl2N2O2.